The zero-order valence-electron chi connectivity index (χ0n) is 18.5. The van der Waals surface area contributed by atoms with Gasteiger partial charge in [0.05, 0.1) is 18.5 Å². The summed E-state index contributed by atoms with van der Waals surface area (Å²) in [5, 5.41) is 7.80. The highest BCUT2D eigenvalue weighted by Crippen LogP contribution is 2.27. The number of amides is 1. The summed E-state index contributed by atoms with van der Waals surface area (Å²) in [6, 6.07) is 17.4. The molecule has 1 heterocycles. The number of hydrogen-bond donors (Lipinski definition) is 1. The van der Waals surface area contributed by atoms with E-state index in [1.165, 1.54) is 5.56 Å². The molecule has 1 N–H and O–H groups in total. The van der Waals surface area contributed by atoms with Gasteiger partial charge in [-0.25, -0.2) is 4.68 Å². The summed E-state index contributed by atoms with van der Waals surface area (Å²) < 4.78 is 7.02. The van der Waals surface area contributed by atoms with Crippen molar-refractivity contribution in [1.29, 1.82) is 0 Å². The van der Waals surface area contributed by atoms with Gasteiger partial charge in [-0.2, -0.15) is 5.10 Å². The fraction of sp³-hybridized carbons (Fsp3) is 0.360. The number of benzene rings is 2. The van der Waals surface area contributed by atoms with E-state index < -0.39 is 0 Å². The van der Waals surface area contributed by atoms with Crippen molar-refractivity contribution in [2.75, 3.05) is 12.4 Å². The fourth-order valence-corrected chi connectivity index (χ4v) is 3.15. The van der Waals surface area contributed by atoms with E-state index in [1.807, 2.05) is 54.6 Å². The Balaban J connectivity index is 1.88. The standard InChI is InChI=1S/C25H31N3O2/c1-6-7-8-18-9-11-19(12-10-18)24(29)26-23-17-22(25(2,3)4)27-28(23)20-13-15-21(30-5)16-14-20/h9-17H,6-8H2,1-5H3,(H,26,29). The summed E-state index contributed by atoms with van der Waals surface area (Å²) in [6.07, 6.45) is 3.35. The number of aromatic nitrogens is 2. The molecule has 5 heteroatoms. The van der Waals surface area contributed by atoms with E-state index in [2.05, 4.69) is 33.0 Å². The molecule has 1 amide bonds. The lowest BCUT2D eigenvalue weighted by molar-refractivity contribution is 0.102. The van der Waals surface area contributed by atoms with Gasteiger partial charge in [0.15, 0.2) is 0 Å². The summed E-state index contributed by atoms with van der Waals surface area (Å²) in [7, 11) is 1.64. The lowest BCUT2D eigenvalue weighted by atomic mass is 9.92. The van der Waals surface area contributed by atoms with Crippen LogP contribution in [0.1, 0.15) is 62.2 Å². The first-order valence-electron chi connectivity index (χ1n) is 10.5. The van der Waals surface area contributed by atoms with E-state index >= 15 is 0 Å². The number of rotatable bonds is 7. The van der Waals surface area contributed by atoms with Crippen LogP contribution < -0.4 is 10.1 Å². The summed E-state index contributed by atoms with van der Waals surface area (Å²) >= 11 is 0. The predicted molar refractivity (Wildman–Crippen MR) is 122 cm³/mol. The molecule has 0 aliphatic carbocycles. The Morgan fingerprint density at radius 2 is 1.73 bits per heavy atom. The van der Waals surface area contributed by atoms with Gasteiger partial charge >= 0.3 is 0 Å². The normalized spacial score (nSPS) is 11.4. The molecule has 0 aliphatic heterocycles. The molecule has 5 nitrogen and oxygen atoms in total. The molecule has 0 atom stereocenters. The molecule has 0 fully saturated rings. The molecule has 30 heavy (non-hydrogen) atoms. The maximum atomic E-state index is 12.9. The van der Waals surface area contributed by atoms with Crippen LogP contribution >= 0.6 is 0 Å². The molecule has 0 radical (unpaired) electrons. The molecule has 0 spiro atoms. The Morgan fingerprint density at radius 1 is 1.07 bits per heavy atom. The molecule has 0 aliphatic rings. The van der Waals surface area contributed by atoms with Crippen LogP contribution in [0, 0.1) is 0 Å². The van der Waals surface area contributed by atoms with Crippen LogP contribution in [0.25, 0.3) is 5.69 Å². The van der Waals surface area contributed by atoms with Gasteiger partial charge in [-0.15, -0.1) is 0 Å². The largest absolute Gasteiger partial charge is 0.497 e. The van der Waals surface area contributed by atoms with Gasteiger partial charge in [0.25, 0.3) is 5.91 Å². The minimum atomic E-state index is -0.146. The van der Waals surface area contributed by atoms with Crippen molar-refractivity contribution in [3.05, 3.63) is 71.4 Å². The predicted octanol–water partition coefficient (Wildman–Crippen LogP) is 5.77. The lowest BCUT2D eigenvalue weighted by Crippen LogP contribution is -2.15. The fourth-order valence-electron chi connectivity index (χ4n) is 3.15. The summed E-state index contributed by atoms with van der Waals surface area (Å²) in [5.74, 6) is 1.27. The summed E-state index contributed by atoms with van der Waals surface area (Å²) in [6.45, 7) is 8.50. The first-order chi connectivity index (χ1) is 14.3. The number of ether oxygens (including phenoxy) is 1. The molecule has 1 aromatic heterocycles. The maximum Gasteiger partial charge on any atom is 0.256 e. The van der Waals surface area contributed by atoms with Crippen molar-refractivity contribution >= 4 is 11.7 Å². The SMILES string of the molecule is CCCCc1ccc(C(=O)Nc2cc(C(C)(C)C)nn2-c2ccc(OC)cc2)cc1. The Hall–Kier alpha value is -3.08. The number of hydrogen-bond acceptors (Lipinski definition) is 3. The number of methoxy groups -OCH3 is 1. The van der Waals surface area contributed by atoms with Crippen molar-refractivity contribution in [2.45, 2.75) is 52.4 Å². The van der Waals surface area contributed by atoms with Gasteiger partial charge in [-0.3, -0.25) is 4.79 Å². The second kappa shape index (κ2) is 9.16. The maximum absolute atomic E-state index is 12.9. The Morgan fingerprint density at radius 3 is 2.30 bits per heavy atom. The third-order valence-electron chi connectivity index (χ3n) is 5.07. The van der Waals surface area contributed by atoms with Crippen LogP contribution in [-0.2, 0) is 11.8 Å². The van der Waals surface area contributed by atoms with Crippen molar-refractivity contribution in [2.24, 2.45) is 0 Å². The highest BCUT2D eigenvalue weighted by Gasteiger charge is 2.22. The average Bonchev–Trinajstić information content (AvgIpc) is 3.17. The summed E-state index contributed by atoms with van der Waals surface area (Å²) in [5.41, 5.74) is 3.51. The molecule has 0 saturated heterocycles. The minimum Gasteiger partial charge on any atom is -0.497 e. The van der Waals surface area contributed by atoms with Crippen LogP contribution in [0.4, 0.5) is 5.82 Å². The Kier molecular flexibility index (Phi) is 6.60. The first kappa shape index (κ1) is 21.6. The molecular weight excluding hydrogens is 374 g/mol. The van der Waals surface area contributed by atoms with Crippen molar-refractivity contribution < 1.29 is 9.53 Å². The summed E-state index contributed by atoms with van der Waals surface area (Å²) in [4.78, 5) is 12.9. The number of aryl methyl sites for hydroxylation is 1. The Labute approximate surface area is 179 Å². The molecule has 0 saturated carbocycles. The van der Waals surface area contributed by atoms with E-state index in [0.29, 0.717) is 11.4 Å². The van der Waals surface area contributed by atoms with Gasteiger partial charge < -0.3 is 10.1 Å². The minimum absolute atomic E-state index is 0.141. The van der Waals surface area contributed by atoms with E-state index in [9.17, 15) is 4.79 Å². The van der Waals surface area contributed by atoms with Crippen molar-refractivity contribution in [1.82, 2.24) is 9.78 Å². The van der Waals surface area contributed by atoms with Crippen LogP contribution in [0.2, 0.25) is 0 Å². The van der Waals surface area contributed by atoms with Gasteiger partial charge in [-0.1, -0.05) is 46.2 Å². The second-order valence-electron chi connectivity index (χ2n) is 8.53. The molecular formula is C25H31N3O2. The van der Waals surface area contributed by atoms with Crippen LogP contribution in [0.5, 0.6) is 5.75 Å². The van der Waals surface area contributed by atoms with Gasteiger partial charge in [0.2, 0.25) is 0 Å². The molecule has 0 unspecified atom stereocenters. The Bertz CT molecular complexity index is 981. The number of carbonyl (C=O) groups is 1. The van der Waals surface area contributed by atoms with Gasteiger partial charge in [-0.05, 0) is 54.8 Å². The van der Waals surface area contributed by atoms with E-state index in [-0.39, 0.29) is 11.3 Å². The number of carbonyl (C=O) groups excluding carboxylic acids is 1. The quantitative estimate of drug-likeness (QED) is 0.543. The third kappa shape index (κ3) is 5.09. The van der Waals surface area contributed by atoms with Crippen molar-refractivity contribution in [3.8, 4) is 11.4 Å². The monoisotopic (exact) mass is 405 g/mol. The van der Waals surface area contributed by atoms with Gasteiger partial charge in [0.1, 0.15) is 11.6 Å². The highest BCUT2D eigenvalue weighted by atomic mass is 16.5. The van der Waals surface area contributed by atoms with Crippen LogP contribution in [0.15, 0.2) is 54.6 Å². The second-order valence-corrected chi connectivity index (χ2v) is 8.53. The highest BCUT2D eigenvalue weighted by molar-refractivity contribution is 6.04. The van der Waals surface area contributed by atoms with Crippen molar-refractivity contribution in [3.63, 3.8) is 0 Å². The number of anilines is 1. The molecule has 158 valence electrons. The zero-order chi connectivity index (χ0) is 21.7. The molecule has 3 aromatic rings. The van der Waals surface area contributed by atoms with Gasteiger partial charge in [0, 0.05) is 17.0 Å². The smallest absolute Gasteiger partial charge is 0.256 e. The van der Waals surface area contributed by atoms with E-state index in [1.54, 1.807) is 11.8 Å². The van der Waals surface area contributed by atoms with E-state index in [4.69, 9.17) is 9.84 Å². The number of nitrogens with one attached hydrogen (secondary N) is 1. The molecule has 3 rings (SSSR count). The zero-order valence-corrected chi connectivity index (χ0v) is 18.5. The lowest BCUT2D eigenvalue weighted by Gasteiger charge is -2.14. The molecule has 0 bridgehead atoms. The third-order valence-corrected chi connectivity index (χ3v) is 5.07. The van der Waals surface area contributed by atoms with Crippen LogP contribution in [0.3, 0.4) is 0 Å². The number of unbranched alkanes of at least 4 members (excludes halogenated alkanes) is 1. The van der Waals surface area contributed by atoms with E-state index in [0.717, 1.165) is 36.4 Å². The molecule has 2 aromatic carbocycles. The average molecular weight is 406 g/mol. The first-order valence-corrected chi connectivity index (χ1v) is 10.5. The number of nitrogens with zero attached hydrogens (tertiary/aromatic N) is 2. The topological polar surface area (TPSA) is 56.2 Å². The van der Waals surface area contributed by atoms with Crippen LogP contribution in [-0.4, -0.2) is 22.8 Å².